The van der Waals surface area contributed by atoms with Crippen LogP contribution in [-0.4, -0.2) is 78.0 Å². The Morgan fingerprint density at radius 1 is 1.13 bits per heavy atom. The van der Waals surface area contributed by atoms with E-state index in [1.54, 1.807) is 14.2 Å². The summed E-state index contributed by atoms with van der Waals surface area (Å²) < 4.78 is 33.0. The van der Waals surface area contributed by atoms with E-state index in [2.05, 4.69) is 54.8 Å². The number of rotatable bonds is 9. The highest BCUT2D eigenvalue weighted by Gasteiger charge is 2.35. The molecule has 2 aliphatic carbocycles. The first-order valence-corrected chi connectivity index (χ1v) is 14.0. The van der Waals surface area contributed by atoms with Crippen molar-refractivity contribution in [1.82, 2.24) is 4.90 Å². The average Bonchev–Trinajstić information content (AvgIpc) is 3.13. The number of alkyl halides is 2. The van der Waals surface area contributed by atoms with E-state index in [9.17, 15) is 18.4 Å². The van der Waals surface area contributed by atoms with E-state index in [-0.39, 0.29) is 11.7 Å². The molecule has 1 aliphatic heterocycles. The van der Waals surface area contributed by atoms with Gasteiger partial charge in [-0.25, -0.2) is 8.78 Å². The Bertz CT molecular complexity index is 777. The molecule has 0 bridgehead atoms. The summed E-state index contributed by atoms with van der Waals surface area (Å²) in [5, 5.41) is 0. The summed E-state index contributed by atoms with van der Waals surface area (Å²) in [7, 11) is 5.41. The highest BCUT2D eigenvalue weighted by atomic mass is 19.3. The summed E-state index contributed by atoms with van der Waals surface area (Å²) in [6.07, 6.45) is 14.8. The maximum atomic E-state index is 11.7. The molecule has 0 amide bonds. The van der Waals surface area contributed by atoms with E-state index < -0.39 is 11.8 Å². The molecule has 2 fully saturated rings. The molecule has 1 heterocycles. The third-order valence-corrected chi connectivity index (χ3v) is 6.83. The van der Waals surface area contributed by atoms with Crippen LogP contribution in [0.15, 0.2) is 35.5 Å². The average molecular weight is 557 g/mol. The van der Waals surface area contributed by atoms with Gasteiger partial charge in [0, 0.05) is 39.3 Å². The molecule has 3 aliphatic rings. The SMILES string of the molecule is CC(C)(C=O)C(F)F.CN1CC(C)(C)C1.COC.NCCCOCC1=CCC(C2(C=O)CCCCC2)=CC=C1. The van der Waals surface area contributed by atoms with Crippen LogP contribution in [0.1, 0.15) is 72.6 Å². The second kappa shape index (κ2) is 19.4. The molecule has 2 N–H and O–H groups in total. The lowest BCUT2D eigenvalue weighted by Gasteiger charge is -2.43. The van der Waals surface area contributed by atoms with E-state index in [0.29, 0.717) is 25.2 Å². The van der Waals surface area contributed by atoms with Crippen molar-refractivity contribution >= 4 is 12.6 Å². The monoisotopic (exact) mass is 556 g/mol. The van der Waals surface area contributed by atoms with Gasteiger partial charge in [0.15, 0.2) is 0 Å². The van der Waals surface area contributed by atoms with Gasteiger partial charge in [-0.1, -0.05) is 63.0 Å². The van der Waals surface area contributed by atoms with Gasteiger partial charge in [-0.3, -0.25) is 0 Å². The topological polar surface area (TPSA) is 81.9 Å². The number of halogens is 2. The first-order valence-electron chi connectivity index (χ1n) is 14.0. The van der Waals surface area contributed by atoms with Crippen molar-refractivity contribution in [2.75, 3.05) is 54.1 Å². The first-order chi connectivity index (χ1) is 18.3. The molecule has 226 valence electrons. The zero-order chi connectivity index (χ0) is 30.0. The molecule has 1 saturated heterocycles. The minimum Gasteiger partial charge on any atom is -0.388 e. The number of carbonyl (C=O) groups excluding carboxylic acids is 2. The van der Waals surface area contributed by atoms with E-state index in [1.807, 2.05) is 0 Å². The summed E-state index contributed by atoms with van der Waals surface area (Å²) in [5.41, 5.74) is 6.85. The van der Waals surface area contributed by atoms with Crippen molar-refractivity contribution in [2.45, 2.75) is 79.1 Å². The number of likely N-dealkylation sites (tertiary alicyclic amines) is 1. The van der Waals surface area contributed by atoms with Crippen molar-refractivity contribution in [3.8, 4) is 0 Å². The van der Waals surface area contributed by atoms with Crippen LogP contribution in [0, 0.1) is 16.2 Å². The van der Waals surface area contributed by atoms with E-state index in [0.717, 1.165) is 25.7 Å². The van der Waals surface area contributed by atoms with Crippen LogP contribution < -0.4 is 5.73 Å². The number of ether oxygens (including phenoxy) is 2. The largest absolute Gasteiger partial charge is 0.388 e. The van der Waals surface area contributed by atoms with Crippen molar-refractivity contribution in [3.05, 3.63) is 35.5 Å². The Morgan fingerprint density at radius 2 is 1.72 bits per heavy atom. The number of nitrogens with zero attached hydrogens (tertiary/aromatic N) is 1. The zero-order valence-corrected chi connectivity index (χ0v) is 25.4. The van der Waals surface area contributed by atoms with Gasteiger partial charge in [-0.15, -0.1) is 0 Å². The van der Waals surface area contributed by atoms with Crippen LogP contribution in [0.2, 0.25) is 0 Å². The lowest BCUT2D eigenvalue weighted by molar-refractivity contribution is -0.122. The highest BCUT2D eigenvalue weighted by Crippen LogP contribution is 2.42. The molecule has 0 aromatic rings. The third kappa shape index (κ3) is 15.0. The number of methoxy groups -OCH3 is 1. The molecule has 0 unspecified atom stereocenters. The number of hydrogen-bond donors (Lipinski definition) is 1. The lowest BCUT2D eigenvalue weighted by Crippen LogP contribution is -2.50. The van der Waals surface area contributed by atoms with Crippen LogP contribution >= 0.6 is 0 Å². The van der Waals surface area contributed by atoms with Gasteiger partial charge in [0.1, 0.15) is 12.6 Å². The maximum absolute atomic E-state index is 11.7. The van der Waals surface area contributed by atoms with Crippen LogP contribution in [-0.2, 0) is 19.1 Å². The minimum atomic E-state index is -2.56. The van der Waals surface area contributed by atoms with Gasteiger partial charge in [0.25, 0.3) is 0 Å². The Kier molecular flexibility index (Phi) is 18.5. The van der Waals surface area contributed by atoms with Gasteiger partial charge in [-0.2, -0.15) is 0 Å². The second-order valence-corrected chi connectivity index (χ2v) is 12.0. The molecule has 0 radical (unpaired) electrons. The fraction of sp³-hybridized carbons (Fsp3) is 0.742. The third-order valence-electron chi connectivity index (χ3n) is 6.83. The quantitative estimate of drug-likeness (QED) is 0.277. The van der Waals surface area contributed by atoms with E-state index >= 15 is 0 Å². The van der Waals surface area contributed by atoms with Crippen molar-refractivity contribution in [1.29, 1.82) is 0 Å². The van der Waals surface area contributed by atoms with E-state index in [1.165, 1.54) is 63.6 Å². The molecule has 1 saturated carbocycles. The van der Waals surface area contributed by atoms with Gasteiger partial charge in [0.2, 0.25) is 6.43 Å². The fourth-order valence-electron chi connectivity index (χ4n) is 4.68. The standard InChI is InChI=1S/C18H27NO2.C6H13N.C5H8F2O.C2H6O/c19-12-5-13-21-14-16-6-4-7-17(9-8-16)18(15-20)10-2-1-3-11-18;1-6(2)4-7(3)5-6;1-5(2,3-8)4(6)7;1-3-2/h4,6-8,15H,1-3,5,9-14,19H2;4-5H2,1-3H3;3-4H,1-2H3;1-2H3. The molecule has 39 heavy (non-hydrogen) atoms. The number of hydrogen-bond acceptors (Lipinski definition) is 6. The summed E-state index contributed by atoms with van der Waals surface area (Å²) in [4.78, 5) is 23.8. The summed E-state index contributed by atoms with van der Waals surface area (Å²) >= 11 is 0. The molecule has 6 nitrogen and oxygen atoms in total. The summed E-state index contributed by atoms with van der Waals surface area (Å²) in [5.74, 6) is 0. The zero-order valence-electron chi connectivity index (χ0n) is 25.4. The highest BCUT2D eigenvalue weighted by molar-refractivity contribution is 5.66. The molecule has 0 aromatic heterocycles. The Morgan fingerprint density at radius 3 is 2.10 bits per heavy atom. The van der Waals surface area contributed by atoms with Gasteiger partial charge >= 0.3 is 0 Å². The van der Waals surface area contributed by atoms with Gasteiger partial charge in [0.05, 0.1) is 12.0 Å². The smallest absolute Gasteiger partial charge is 0.250 e. The van der Waals surface area contributed by atoms with Crippen molar-refractivity contribution in [2.24, 2.45) is 22.0 Å². The van der Waals surface area contributed by atoms with Crippen LogP contribution in [0.4, 0.5) is 8.78 Å². The number of carbonyl (C=O) groups is 2. The summed E-state index contributed by atoms with van der Waals surface area (Å²) in [6, 6.07) is 0. The summed E-state index contributed by atoms with van der Waals surface area (Å²) in [6.45, 7) is 11.5. The normalized spacial score (nSPS) is 19.8. The first kappa shape index (κ1) is 37.3. The predicted octanol–water partition coefficient (Wildman–Crippen LogP) is 6.01. The molecular weight excluding hydrogens is 502 g/mol. The van der Waals surface area contributed by atoms with Crippen LogP contribution in [0.5, 0.6) is 0 Å². The van der Waals surface area contributed by atoms with Gasteiger partial charge in [-0.05, 0) is 64.1 Å². The van der Waals surface area contributed by atoms with Crippen LogP contribution in [0.25, 0.3) is 0 Å². The van der Waals surface area contributed by atoms with Crippen molar-refractivity contribution < 1.29 is 27.8 Å². The maximum Gasteiger partial charge on any atom is 0.250 e. The fourth-order valence-corrected chi connectivity index (χ4v) is 4.68. The molecule has 3 rings (SSSR count). The van der Waals surface area contributed by atoms with Crippen LogP contribution in [0.3, 0.4) is 0 Å². The number of allylic oxidation sites excluding steroid dienone is 4. The van der Waals surface area contributed by atoms with Crippen molar-refractivity contribution in [3.63, 3.8) is 0 Å². The number of nitrogens with two attached hydrogens (primary N) is 1. The molecule has 0 spiro atoms. The molecule has 0 aromatic carbocycles. The number of aldehydes is 2. The minimum absolute atomic E-state index is 0.213. The second-order valence-electron chi connectivity index (χ2n) is 12.0. The Hall–Kier alpha value is -1.74. The molecule has 0 atom stereocenters. The lowest BCUT2D eigenvalue weighted by atomic mass is 9.69. The predicted molar refractivity (Wildman–Crippen MR) is 156 cm³/mol. The van der Waals surface area contributed by atoms with E-state index in [4.69, 9.17) is 10.5 Å². The molecular formula is C31H54F2N2O4. The Labute approximate surface area is 236 Å². The van der Waals surface area contributed by atoms with Gasteiger partial charge < -0.3 is 29.7 Å². The Balaban J connectivity index is 0.000000654. The molecule has 8 heteroatoms.